The molecule has 0 aliphatic carbocycles. The molecular weight excluding hydrogens is 459 g/mol. The van der Waals surface area contributed by atoms with Crippen molar-refractivity contribution in [3.8, 4) is 11.1 Å². The Labute approximate surface area is 182 Å². The van der Waals surface area contributed by atoms with Crippen LogP contribution >= 0.6 is 34.8 Å². The van der Waals surface area contributed by atoms with Crippen molar-refractivity contribution in [3.63, 3.8) is 0 Å². The number of anilines is 2. The van der Waals surface area contributed by atoms with Crippen LogP contribution in [0.5, 0.6) is 0 Å². The van der Waals surface area contributed by atoms with Gasteiger partial charge in [-0.2, -0.15) is 0 Å². The quantitative estimate of drug-likeness (QED) is 0.517. The Morgan fingerprint density at radius 3 is 2.52 bits per heavy atom. The highest BCUT2D eigenvalue weighted by atomic mass is 35.5. The molecule has 0 aliphatic heterocycles. The lowest BCUT2D eigenvalue weighted by atomic mass is 10.1. The summed E-state index contributed by atoms with van der Waals surface area (Å²) in [5.41, 5.74) is 1.26. The van der Waals surface area contributed by atoms with Crippen molar-refractivity contribution in [1.82, 2.24) is 9.97 Å². The lowest BCUT2D eigenvalue weighted by Crippen LogP contribution is -2.14. The molecule has 0 saturated carbocycles. The standard InChI is InChI=1S/C18H13Cl3N4O3S/c1-10(26)24-16-8-11(5-6-22-16)12-7-14(18(21)23-9-12)25-29(27,28)15-4-2-3-13(19)17(15)20/h2-9,25H,1H3,(H,22,24,26). The minimum Gasteiger partial charge on any atom is -0.311 e. The molecule has 0 unspecified atom stereocenters. The van der Waals surface area contributed by atoms with Crippen molar-refractivity contribution in [2.75, 3.05) is 10.0 Å². The molecule has 7 nitrogen and oxygen atoms in total. The number of benzene rings is 1. The van der Waals surface area contributed by atoms with E-state index in [4.69, 9.17) is 34.8 Å². The summed E-state index contributed by atoms with van der Waals surface area (Å²) in [4.78, 5) is 19.1. The number of rotatable bonds is 5. The van der Waals surface area contributed by atoms with E-state index in [2.05, 4.69) is 20.0 Å². The maximum atomic E-state index is 12.8. The van der Waals surface area contributed by atoms with Gasteiger partial charge < -0.3 is 5.32 Å². The average Bonchev–Trinajstić information content (AvgIpc) is 2.65. The van der Waals surface area contributed by atoms with E-state index in [1.54, 1.807) is 12.1 Å². The van der Waals surface area contributed by atoms with Gasteiger partial charge in [-0.25, -0.2) is 18.4 Å². The van der Waals surface area contributed by atoms with Crippen molar-refractivity contribution in [2.45, 2.75) is 11.8 Å². The summed E-state index contributed by atoms with van der Waals surface area (Å²) in [6, 6.07) is 9.09. The molecule has 2 aromatic heterocycles. The van der Waals surface area contributed by atoms with Gasteiger partial charge >= 0.3 is 0 Å². The molecular formula is C18H13Cl3N4O3S. The van der Waals surface area contributed by atoms with Gasteiger partial charge in [0.2, 0.25) is 5.91 Å². The van der Waals surface area contributed by atoms with Gasteiger partial charge in [0.05, 0.1) is 15.7 Å². The van der Waals surface area contributed by atoms with Crippen LogP contribution in [0, 0.1) is 0 Å². The van der Waals surface area contributed by atoms with Gasteiger partial charge in [0.1, 0.15) is 10.7 Å². The molecule has 0 fully saturated rings. The Hall–Kier alpha value is -2.39. The van der Waals surface area contributed by atoms with E-state index in [0.29, 0.717) is 16.9 Å². The largest absolute Gasteiger partial charge is 0.311 e. The molecule has 0 spiro atoms. The van der Waals surface area contributed by atoms with Crippen LogP contribution in [-0.2, 0) is 14.8 Å². The number of carbonyl (C=O) groups excluding carboxylic acids is 1. The topological polar surface area (TPSA) is 101 Å². The Morgan fingerprint density at radius 2 is 1.79 bits per heavy atom. The van der Waals surface area contributed by atoms with Crippen molar-refractivity contribution >= 4 is 62.2 Å². The van der Waals surface area contributed by atoms with E-state index in [1.165, 1.54) is 43.6 Å². The van der Waals surface area contributed by atoms with Crippen LogP contribution in [0.4, 0.5) is 11.5 Å². The molecule has 0 aliphatic rings. The number of hydrogen-bond donors (Lipinski definition) is 2. The molecule has 2 heterocycles. The van der Waals surface area contributed by atoms with Gasteiger partial charge in [0.15, 0.2) is 5.15 Å². The van der Waals surface area contributed by atoms with Crippen molar-refractivity contribution in [3.05, 3.63) is 64.0 Å². The fourth-order valence-corrected chi connectivity index (χ4v) is 4.45. The minimum atomic E-state index is -4.07. The molecule has 2 N–H and O–H groups in total. The first kappa shape index (κ1) is 21.3. The lowest BCUT2D eigenvalue weighted by molar-refractivity contribution is -0.114. The fraction of sp³-hybridized carbons (Fsp3) is 0.0556. The first-order valence-corrected chi connectivity index (χ1v) is 10.7. The summed E-state index contributed by atoms with van der Waals surface area (Å²) in [6.07, 6.45) is 2.98. The second-order valence-corrected chi connectivity index (χ2v) is 8.62. The van der Waals surface area contributed by atoms with E-state index in [0.717, 1.165) is 0 Å². The first-order valence-electron chi connectivity index (χ1n) is 8.04. The predicted octanol–water partition coefficient (Wildman–Crippen LogP) is 4.86. The molecule has 0 radical (unpaired) electrons. The highest BCUT2D eigenvalue weighted by molar-refractivity contribution is 7.92. The number of nitrogens with zero attached hydrogens (tertiary/aromatic N) is 2. The zero-order valence-electron chi connectivity index (χ0n) is 14.8. The summed E-state index contributed by atoms with van der Waals surface area (Å²) in [6.45, 7) is 1.37. The highest BCUT2D eigenvalue weighted by Gasteiger charge is 2.21. The van der Waals surface area contributed by atoms with Gasteiger partial charge in [-0.15, -0.1) is 0 Å². The minimum absolute atomic E-state index is 0.0494. The molecule has 11 heteroatoms. The second kappa shape index (κ2) is 8.54. The molecule has 0 bridgehead atoms. The second-order valence-electron chi connectivity index (χ2n) is 5.83. The van der Waals surface area contributed by atoms with E-state index < -0.39 is 10.0 Å². The Kier molecular flexibility index (Phi) is 6.28. The summed E-state index contributed by atoms with van der Waals surface area (Å²) >= 11 is 18.0. The lowest BCUT2D eigenvalue weighted by Gasteiger charge is -2.12. The Morgan fingerprint density at radius 1 is 1.03 bits per heavy atom. The van der Waals surface area contributed by atoms with Crippen LogP contribution in [0.15, 0.2) is 53.7 Å². The first-order chi connectivity index (χ1) is 13.7. The Bertz CT molecular complexity index is 1200. The summed E-state index contributed by atoms with van der Waals surface area (Å²) in [7, 11) is -4.07. The van der Waals surface area contributed by atoms with E-state index in [-0.39, 0.29) is 31.7 Å². The molecule has 1 amide bonds. The molecule has 3 aromatic rings. The fourth-order valence-electron chi connectivity index (χ4n) is 2.43. The number of amides is 1. The third kappa shape index (κ3) is 4.97. The van der Waals surface area contributed by atoms with E-state index >= 15 is 0 Å². The van der Waals surface area contributed by atoms with Crippen LogP contribution < -0.4 is 10.0 Å². The smallest absolute Gasteiger partial charge is 0.263 e. The van der Waals surface area contributed by atoms with Crippen molar-refractivity contribution in [1.29, 1.82) is 0 Å². The Balaban J connectivity index is 1.98. The molecule has 0 atom stereocenters. The molecule has 1 aromatic carbocycles. The number of aromatic nitrogens is 2. The van der Waals surface area contributed by atoms with E-state index in [1.807, 2.05) is 0 Å². The van der Waals surface area contributed by atoms with Crippen LogP contribution in [0.25, 0.3) is 11.1 Å². The van der Waals surface area contributed by atoms with Gasteiger partial charge in [-0.3, -0.25) is 9.52 Å². The molecule has 150 valence electrons. The molecule has 29 heavy (non-hydrogen) atoms. The van der Waals surface area contributed by atoms with Crippen molar-refractivity contribution in [2.24, 2.45) is 0 Å². The number of carbonyl (C=O) groups is 1. The van der Waals surface area contributed by atoms with Crippen molar-refractivity contribution < 1.29 is 13.2 Å². The van der Waals surface area contributed by atoms with Crippen LogP contribution in [0.3, 0.4) is 0 Å². The predicted molar refractivity (Wildman–Crippen MR) is 114 cm³/mol. The number of pyridine rings is 2. The summed E-state index contributed by atoms with van der Waals surface area (Å²) in [5.74, 6) is 0.0773. The van der Waals surface area contributed by atoms with Gasteiger partial charge in [-0.05, 0) is 35.9 Å². The monoisotopic (exact) mass is 470 g/mol. The third-order valence-electron chi connectivity index (χ3n) is 3.69. The van der Waals surface area contributed by atoms with Gasteiger partial charge in [0.25, 0.3) is 10.0 Å². The number of halogens is 3. The number of sulfonamides is 1. The molecule has 3 rings (SSSR count). The number of hydrogen-bond acceptors (Lipinski definition) is 5. The SMILES string of the molecule is CC(=O)Nc1cc(-c2cnc(Cl)c(NS(=O)(=O)c3cccc(Cl)c3Cl)c2)ccn1. The van der Waals surface area contributed by atoms with Crippen LogP contribution in [-0.4, -0.2) is 24.3 Å². The zero-order valence-corrected chi connectivity index (χ0v) is 17.9. The maximum Gasteiger partial charge on any atom is 0.263 e. The average molecular weight is 472 g/mol. The third-order valence-corrected chi connectivity index (χ3v) is 6.33. The maximum absolute atomic E-state index is 12.8. The number of nitrogens with one attached hydrogen (secondary N) is 2. The highest BCUT2D eigenvalue weighted by Crippen LogP contribution is 2.33. The van der Waals surface area contributed by atoms with E-state index in [9.17, 15) is 13.2 Å². The normalized spacial score (nSPS) is 11.2. The van der Waals surface area contributed by atoms with Crippen LogP contribution in [0.2, 0.25) is 15.2 Å². The summed E-state index contributed by atoms with van der Waals surface area (Å²) in [5, 5.41) is 2.53. The van der Waals surface area contributed by atoms with Crippen LogP contribution in [0.1, 0.15) is 6.92 Å². The summed E-state index contributed by atoms with van der Waals surface area (Å²) < 4.78 is 27.9. The molecule has 0 saturated heterocycles. The zero-order chi connectivity index (χ0) is 21.2. The van der Waals surface area contributed by atoms with Gasteiger partial charge in [-0.1, -0.05) is 40.9 Å². The van der Waals surface area contributed by atoms with Gasteiger partial charge in [0, 0.05) is 24.9 Å².